The number of phenolic OH excluding ortho intramolecular Hbond substituents is 1. The van der Waals surface area contributed by atoms with Crippen molar-refractivity contribution >= 4 is 17.4 Å². The molecule has 1 aliphatic rings. The van der Waals surface area contributed by atoms with Gasteiger partial charge in [0.05, 0.1) is 31.5 Å². The molecule has 0 spiro atoms. The van der Waals surface area contributed by atoms with Crippen molar-refractivity contribution in [2.75, 3.05) is 7.11 Å². The summed E-state index contributed by atoms with van der Waals surface area (Å²) in [5.41, 5.74) is 0.466. The van der Waals surface area contributed by atoms with Crippen LogP contribution in [0, 0.1) is 5.82 Å². The van der Waals surface area contributed by atoms with E-state index in [0.29, 0.717) is 11.3 Å². The maximum atomic E-state index is 13.3. The number of aliphatic hydroxyl groups excluding tert-OH is 1. The Kier molecular flexibility index (Phi) is 5.21. The van der Waals surface area contributed by atoms with Crippen LogP contribution in [0.3, 0.4) is 0 Å². The molecule has 2 aromatic carbocycles. The summed E-state index contributed by atoms with van der Waals surface area (Å²) in [6, 6.07) is 11.7. The molecule has 8 heteroatoms. The number of Topliss-reactive ketones (excluding diaryl/α,β-unsaturated/α-hetero) is 1. The highest BCUT2D eigenvalue weighted by molar-refractivity contribution is 6.46. The molecule has 2 N–H and O–H groups in total. The third-order valence-corrected chi connectivity index (χ3v) is 5.08. The predicted molar refractivity (Wildman–Crippen MR) is 108 cm³/mol. The fraction of sp³-hybridized carbons (Fsp3) is 0.130. The third kappa shape index (κ3) is 3.63. The van der Waals surface area contributed by atoms with E-state index in [2.05, 4.69) is 0 Å². The van der Waals surface area contributed by atoms with Gasteiger partial charge in [0.15, 0.2) is 11.5 Å². The molecule has 1 aromatic heterocycles. The van der Waals surface area contributed by atoms with Gasteiger partial charge in [0, 0.05) is 5.56 Å². The Morgan fingerprint density at radius 1 is 1.16 bits per heavy atom. The Bertz CT molecular complexity index is 1170. The van der Waals surface area contributed by atoms with Gasteiger partial charge in [-0.2, -0.15) is 0 Å². The average molecular weight is 423 g/mol. The van der Waals surface area contributed by atoms with E-state index in [-0.39, 0.29) is 29.2 Å². The first-order valence-corrected chi connectivity index (χ1v) is 9.34. The molecule has 3 aromatic rings. The van der Waals surface area contributed by atoms with Crippen molar-refractivity contribution in [2.45, 2.75) is 12.6 Å². The molecule has 0 radical (unpaired) electrons. The highest BCUT2D eigenvalue weighted by Crippen LogP contribution is 2.42. The number of phenols is 1. The number of hydrogen-bond donors (Lipinski definition) is 2. The summed E-state index contributed by atoms with van der Waals surface area (Å²) in [6.45, 7) is -0.0222. The van der Waals surface area contributed by atoms with Crippen LogP contribution in [0.1, 0.15) is 22.9 Å². The number of rotatable bonds is 5. The minimum atomic E-state index is -0.982. The van der Waals surface area contributed by atoms with Crippen LogP contribution in [0.2, 0.25) is 0 Å². The number of amides is 1. The van der Waals surface area contributed by atoms with Gasteiger partial charge in [-0.05, 0) is 54.1 Å². The second kappa shape index (κ2) is 7.98. The van der Waals surface area contributed by atoms with Gasteiger partial charge in [0.2, 0.25) is 0 Å². The van der Waals surface area contributed by atoms with Gasteiger partial charge in [-0.3, -0.25) is 9.59 Å². The standard InChI is InChI=1S/C23H18FNO6/c1-30-18-11-14(6-9-17(18)26)20-19(21(27)13-4-7-15(24)8-5-13)22(28)23(29)25(20)12-16-3-2-10-31-16/h2-11,20,26-27H,12H2,1H3/b21-19+. The highest BCUT2D eigenvalue weighted by Gasteiger charge is 2.46. The van der Waals surface area contributed by atoms with Crippen LogP contribution >= 0.6 is 0 Å². The number of carbonyl (C=O) groups is 2. The molecule has 7 nitrogen and oxygen atoms in total. The zero-order valence-electron chi connectivity index (χ0n) is 16.4. The highest BCUT2D eigenvalue weighted by atomic mass is 19.1. The predicted octanol–water partition coefficient (Wildman–Crippen LogP) is 3.75. The van der Waals surface area contributed by atoms with E-state index in [1.54, 1.807) is 12.1 Å². The lowest BCUT2D eigenvalue weighted by Crippen LogP contribution is -2.29. The van der Waals surface area contributed by atoms with Crippen molar-refractivity contribution in [2.24, 2.45) is 0 Å². The lowest BCUT2D eigenvalue weighted by Gasteiger charge is -2.25. The first kappa shape index (κ1) is 20.2. The Morgan fingerprint density at radius 3 is 2.55 bits per heavy atom. The molecule has 0 bridgehead atoms. The molecule has 4 rings (SSSR count). The van der Waals surface area contributed by atoms with Gasteiger partial charge in [-0.1, -0.05) is 6.07 Å². The van der Waals surface area contributed by atoms with Gasteiger partial charge in [-0.25, -0.2) is 4.39 Å². The zero-order valence-corrected chi connectivity index (χ0v) is 16.4. The Hall–Kier alpha value is -4.07. The molecule has 1 fully saturated rings. The van der Waals surface area contributed by atoms with Crippen LogP contribution in [-0.2, 0) is 16.1 Å². The van der Waals surface area contributed by atoms with Crippen molar-refractivity contribution in [3.63, 3.8) is 0 Å². The summed E-state index contributed by atoms with van der Waals surface area (Å²) in [5, 5.41) is 20.9. The maximum Gasteiger partial charge on any atom is 0.296 e. The first-order chi connectivity index (χ1) is 14.9. The monoisotopic (exact) mass is 423 g/mol. The molecule has 1 aliphatic heterocycles. The number of hydrogen-bond acceptors (Lipinski definition) is 6. The molecular formula is C23H18FNO6. The second-order valence-corrected chi connectivity index (χ2v) is 6.94. The molecule has 158 valence electrons. The zero-order chi connectivity index (χ0) is 22.1. The normalized spacial score (nSPS) is 17.9. The number of aromatic hydroxyl groups is 1. The van der Waals surface area contributed by atoms with Crippen LogP contribution in [0.15, 0.2) is 70.9 Å². The number of carbonyl (C=O) groups excluding carboxylic acids is 2. The lowest BCUT2D eigenvalue weighted by atomic mass is 9.95. The summed E-state index contributed by atoms with van der Waals surface area (Å²) >= 11 is 0. The van der Waals surface area contributed by atoms with Crippen LogP contribution in [0.4, 0.5) is 4.39 Å². The van der Waals surface area contributed by atoms with Crippen LogP contribution in [-0.4, -0.2) is 33.9 Å². The maximum absolute atomic E-state index is 13.3. The molecule has 1 amide bonds. The fourth-order valence-electron chi connectivity index (χ4n) is 3.59. The molecule has 1 atom stereocenters. The number of likely N-dealkylation sites (tertiary alicyclic amines) is 1. The van der Waals surface area contributed by atoms with Crippen molar-refractivity contribution in [3.8, 4) is 11.5 Å². The molecule has 1 saturated heterocycles. The van der Waals surface area contributed by atoms with Gasteiger partial charge >= 0.3 is 0 Å². The number of nitrogens with zero attached hydrogens (tertiary/aromatic N) is 1. The molecule has 1 unspecified atom stereocenters. The largest absolute Gasteiger partial charge is 0.507 e. The quantitative estimate of drug-likeness (QED) is 0.368. The lowest BCUT2D eigenvalue weighted by molar-refractivity contribution is -0.140. The molecule has 0 saturated carbocycles. The van der Waals surface area contributed by atoms with Crippen molar-refractivity contribution < 1.29 is 33.3 Å². The van der Waals surface area contributed by atoms with Gasteiger partial charge in [-0.15, -0.1) is 0 Å². The van der Waals surface area contributed by atoms with Gasteiger partial charge < -0.3 is 24.3 Å². The van der Waals surface area contributed by atoms with Gasteiger partial charge in [0.25, 0.3) is 11.7 Å². The smallest absolute Gasteiger partial charge is 0.296 e. The van der Waals surface area contributed by atoms with E-state index in [0.717, 1.165) is 12.1 Å². The third-order valence-electron chi connectivity index (χ3n) is 5.08. The van der Waals surface area contributed by atoms with E-state index < -0.39 is 29.3 Å². The Balaban J connectivity index is 1.89. The summed E-state index contributed by atoms with van der Waals surface area (Å²) in [4.78, 5) is 27.1. The number of aliphatic hydroxyl groups is 1. The minimum Gasteiger partial charge on any atom is -0.507 e. The first-order valence-electron chi connectivity index (χ1n) is 9.34. The van der Waals surface area contributed by atoms with E-state index >= 15 is 0 Å². The summed E-state index contributed by atoms with van der Waals surface area (Å²) in [5.74, 6) is -2.18. The number of furan rings is 1. The van der Waals surface area contributed by atoms with Gasteiger partial charge in [0.1, 0.15) is 17.3 Å². The van der Waals surface area contributed by atoms with E-state index in [1.165, 1.54) is 48.6 Å². The Morgan fingerprint density at radius 2 is 1.90 bits per heavy atom. The number of ether oxygens (including phenoxy) is 1. The van der Waals surface area contributed by atoms with Crippen LogP contribution in [0.25, 0.3) is 5.76 Å². The Labute approximate surface area is 176 Å². The summed E-state index contributed by atoms with van der Waals surface area (Å²) < 4.78 is 23.8. The number of ketones is 1. The fourth-order valence-corrected chi connectivity index (χ4v) is 3.59. The summed E-state index contributed by atoms with van der Waals surface area (Å²) in [7, 11) is 1.37. The molecule has 31 heavy (non-hydrogen) atoms. The minimum absolute atomic E-state index is 0.0222. The molecular weight excluding hydrogens is 405 g/mol. The molecule has 2 heterocycles. The van der Waals surface area contributed by atoms with Crippen molar-refractivity contribution in [1.29, 1.82) is 0 Å². The summed E-state index contributed by atoms with van der Waals surface area (Å²) in [6.07, 6.45) is 1.45. The van der Waals surface area contributed by atoms with Crippen LogP contribution in [0.5, 0.6) is 11.5 Å². The van der Waals surface area contributed by atoms with Crippen molar-refractivity contribution in [1.82, 2.24) is 4.90 Å². The SMILES string of the molecule is COc1cc(C2/C(=C(\O)c3ccc(F)cc3)C(=O)C(=O)N2Cc2ccco2)ccc1O. The van der Waals surface area contributed by atoms with E-state index in [1.807, 2.05) is 0 Å². The number of benzene rings is 2. The second-order valence-electron chi connectivity index (χ2n) is 6.94. The number of methoxy groups -OCH3 is 1. The molecule has 0 aliphatic carbocycles. The van der Waals surface area contributed by atoms with E-state index in [9.17, 15) is 24.2 Å². The van der Waals surface area contributed by atoms with Crippen molar-refractivity contribution in [3.05, 3.63) is 89.1 Å². The van der Waals surface area contributed by atoms with E-state index in [4.69, 9.17) is 9.15 Å². The number of halogens is 1. The average Bonchev–Trinajstić information content (AvgIpc) is 3.37. The van der Waals surface area contributed by atoms with Crippen LogP contribution < -0.4 is 4.74 Å². The topological polar surface area (TPSA) is 100 Å².